The van der Waals surface area contributed by atoms with Crippen molar-refractivity contribution in [3.63, 3.8) is 0 Å². The Morgan fingerprint density at radius 1 is 1.19 bits per heavy atom. The van der Waals surface area contributed by atoms with Crippen molar-refractivity contribution in [1.82, 2.24) is 0 Å². The third-order valence-electron chi connectivity index (χ3n) is 3.01. The summed E-state index contributed by atoms with van der Waals surface area (Å²) in [7, 11) is -2.12. The third kappa shape index (κ3) is 3.97. The van der Waals surface area contributed by atoms with E-state index < -0.39 is 21.7 Å². The molecule has 2 aromatic rings. The highest BCUT2D eigenvalue weighted by Crippen LogP contribution is 2.24. The van der Waals surface area contributed by atoms with Gasteiger partial charge < -0.3 is 9.84 Å². The molecule has 0 aliphatic rings. The minimum atomic E-state index is -3.62. The monoisotopic (exact) mass is 326 g/mol. The van der Waals surface area contributed by atoms with Gasteiger partial charge in [0.15, 0.2) is 9.84 Å². The highest BCUT2D eigenvalue weighted by Gasteiger charge is 2.21. The summed E-state index contributed by atoms with van der Waals surface area (Å²) in [5, 5.41) is 10.5. The molecule has 0 saturated heterocycles. The van der Waals surface area contributed by atoms with E-state index in [1.54, 1.807) is 36.4 Å². The van der Waals surface area contributed by atoms with Gasteiger partial charge in [-0.3, -0.25) is 0 Å². The quantitative estimate of drug-likeness (QED) is 0.917. The SMILES string of the molecule is COc1cccc(C(O)CS(=O)(=O)c2cccc(Cl)c2)c1. The van der Waals surface area contributed by atoms with E-state index in [4.69, 9.17) is 16.3 Å². The van der Waals surface area contributed by atoms with Crippen LogP contribution >= 0.6 is 11.6 Å². The van der Waals surface area contributed by atoms with Crippen LogP contribution in [0.1, 0.15) is 11.7 Å². The fourth-order valence-corrected chi connectivity index (χ4v) is 3.56. The number of sulfone groups is 1. The highest BCUT2D eigenvalue weighted by atomic mass is 35.5. The topological polar surface area (TPSA) is 63.6 Å². The Morgan fingerprint density at radius 2 is 1.90 bits per heavy atom. The fourth-order valence-electron chi connectivity index (χ4n) is 1.91. The molecule has 0 saturated carbocycles. The summed E-state index contributed by atoms with van der Waals surface area (Å²) in [5.41, 5.74) is 0.486. The van der Waals surface area contributed by atoms with Crippen molar-refractivity contribution in [1.29, 1.82) is 0 Å². The van der Waals surface area contributed by atoms with Crippen LogP contribution in [0.4, 0.5) is 0 Å². The van der Waals surface area contributed by atoms with Gasteiger partial charge in [0, 0.05) is 5.02 Å². The number of methoxy groups -OCH3 is 1. The minimum Gasteiger partial charge on any atom is -0.497 e. The zero-order valence-electron chi connectivity index (χ0n) is 11.4. The lowest BCUT2D eigenvalue weighted by Crippen LogP contribution is -2.14. The largest absolute Gasteiger partial charge is 0.497 e. The molecule has 21 heavy (non-hydrogen) atoms. The third-order valence-corrected chi connectivity index (χ3v) is 4.97. The first kappa shape index (κ1) is 15.8. The number of hydrogen-bond donors (Lipinski definition) is 1. The molecule has 0 aromatic heterocycles. The van der Waals surface area contributed by atoms with E-state index in [0.29, 0.717) is 16.3 Å². The molecular formula is C15H15ClO4S. The summed E-state index contributed by atoms with van der Waals surface area (Å²) in [5.74, 6) is 0.146. The molecule has 4 nitrogen and oxygen atoms in total. The first-order chi connectivity index (χ1) is 9.92. The van der Waals surface area contributed by atoms with Crippen molar-refractivity contribution in [2.45, 2.75) is 11.0 Å². The standard InChI is InChI=1S/C15H15ClO4S/c1-20-13-6-2-4-11(8-13)15(17)10-21(18,19)14-7-3-5-12(16)9-14/h2-9,15,17H,10H2,1H3. The first-order valence-corrected chi connectivity index (χ1v) is 8.26. The van der Waals surface area contributed by atoms with Crippen LogP contribution in [0.2, 0.25) is 5.02 Å². The molecule has 6 heteroatoms. The lowest BCUT2D eigenvalue weighted by molar-refractivity contribution is 0.201. The van der Waals surface area contributed by atoms with Gasteiger partial charge >= 0.3 is 0 Å². The predicted molar refractivity (Wildman–Crippen MR) is 81.5 cm³/mol. The van der Waals surface area contributed by atoms with Crippen molar-refractivity contribution in [2.75, 3.05) is 12.9 Å². The average molecular weight is 327 g/mol. The molecule has 0 aliphatic heterocycles. The Hall–Kier alpha value is -1.56. The average Bonchev–Trinajstić information content (AvgIpc) is 2.47. The van der Waals surface area contributed by atoms with E-state index >= 15 is 0 Å². The van der Waals surface area contributed by atoms with Gasteiger partial charge in [0.2, 0.25) is 0 Å². The van der Waals surface area contributed by atoms with Gasteiger partial charge in [-0.05, 0) is 35.9 Å². The second-order valence-corrected chi connectivity index (χ2v) is 7.00. The number of hydrogen-bond acceptors (Lipinski definition) is 4. The van der Waals surface area contributed by atoms with Crippen LogP contribution < -0.4 is 4.74 Å². The van der Waals surface area contributed by atoms with Crippen LogP contribution in [-0.4, -0.2) is 26.4 Å². The van der Waals surface area contributed by atoms with Crippen LogP contribution in [0.25, 0.3) is 0 Å². The van der Waals surface area contributed by atoms with Crippen molar-refractivity contribution in [3.8, 4) is 5.75 Å². The number of halogens is 1. The van der Waals surface area contributed by atoms with E-state index in [1.807, 2.05) is 0 Å². The molecule has 2 rings (SSSR count). The number of aliphatic hydroxyl groups is 1. The number of aliphatic hydroxyl groups excluding tert-OH is 1. The number of benzene rings is 2. The molecule has 1 N–H and O–H groups in total. The molecule has 0 radical (unpaired) electrons. The van der Waals surface area contributed by atoms with Gasteiger partial charge in [-0.15, -0.1) is 0 Å². The maximum atomic E-state index is 12.3. The zero-order chi connectivity index (χ0) is 15.5. The van der Waals surface area contributed by atoms with Gasteiger partial charge in [-0.2, -0.15) is 0 Å². The van der Waals surface area contributed by atoms with Crippen LogP contribution in [0.15, 0.2) is 53.4 Å². The number of rotatable bonds is 5. The first-order valence-electron chi connectivity index (χ1n) is 6.23. The minimum absolute atomic E-state index is 0.0944. The van der Waals surface area contributed by atoms with Crippen LogP contribution in [0.3, 0.4) is 0 Å². The van der Waals surface area contributed by atoms with Crippen molar-refractivity contribution < 1.29 is 18.3 Å². The van der Waals surface area contributed by atoms with Crippen LogP contribution in [0.5, 0.6) is 5.75 Å². The maximum Gasteiger partial charge on any atom is 0.181 e. The Labute approximate surface area is 128 Å². The second kappa shape index (κ2) is 6.47. The Balaban J connectivity index is 2.23. The fraction of sp³-hybridized carbons (Fsp3) is 0.200. The van der Waals surface area contributed by atoms with E-state index in [-0.39, 0.29) is 4.90 Å². The Bertz CT molecular complexity index is 728. The molecule has 112 valence electrons. The molecule has 2 aromatic carbocycles. The van der Waals surface area contributed by atoms with Crippen LogP contribution in [-0.2, 0) is 9.84 Å². The van der Waals surface area contributed by atoms with Gasteiger partial charge in [0.1, 0.15) is 5.75 Å². The molecule has 0 fully saturated rings. The van der Waals surface area contributed by atoms with Crippen LogP contribution in [0, 0.1) is 0 Å². The summed E-state index contributed by atoms with van der Waals surface area (Å²) in [4.78, 5) is 0.0944. The highest BCUT2D eigenvalue weighted by molar-refractivity contribution is 7.91. The molecule has 1 atom stereocenters. The maximum absolute atomic E-state index is 12.3. The summed E-state index contributed by atoms with van der Waals surface area (Å²) in [6, 6.07) is 12.7. The van der Waals surface area contributed by atoms with Gasteiger partial charge in [0.05, 0.1) is 23.9 Å². The lowest BCUT2D eigenvalue weighted by atomic mass is 10.1. The summed E-state index contributed by atoms with van der Waals surface area (Å²) < 4.78 is 29.6. The molecule has 1 unspecified atom stereocenters. The van der Waals surface area contributed by atoms with E-state index in [9.17, 15) is 13.5 Å². The normalized spacial score (nSPS) is 12.9. The molecular weight excluding hydrogens is 312 g/mol. The second-order valence-electron chi connectivity index (χ2n) is 4.53. The molecule has 0 spiro atoms. The summed E-state index contributed by atoms with van der Waals surface area (Å²) in [6.07, 6.45) is -1.14. The van der Waals surface area contributed by atoms with Crippen molar-refractivity contribution in [2.24, 2.45) is 0 Å². The number of ether oxygens (including phenoxy) is 1. The van der Waals surface area contributed by atoms with E-state index in [1.165, 1.54) is 19.2 Å². The molecule has 0 heterocycles. The zero-order valence-corrected chi connectivity index (χ0v) is 12.9. The lowest BCUT2D eigenvalue weighted by Gasteiger charge is -2.13. The smallest absolute Gasteiger partial charge is 0.181 e. The molecule has 0 aliphatic carbocycles. The Kier molecular flexibility index (Phi) is 4.88. The molecule has 0 amide bonds. The van der Waals surface area contributed by atoms with E-state index in [0.717, 1.165) is 0 Å². The summed E-state index contributed by atoms with van der Waals surface area (Å²) in [6.45, 7) is 0. The Morgan fingerprint density at radius 3 is 2.57 bits per heavy atom. The van der Waals surface area contributed by atoms with Gasteiger partial charge in [-0.25, -0.2) is 8.42 Å². The predicted octanol–water partition coefficient (Wildman–Crippen LogP) is 2.86. The van der Waals surface area contributed by atoms with Gasteiger partial charge in [0.25, 0.3) is 0 Å². The summed E-state index contributed by atoms with van der Waals surface area (Å²) >= 11 is 5.80. The molecule has 0 bridgehead atoms. The van der Waals surface area contributed by atoms with Gasteiger partial charge in [-0.1, -0.05) is 29.8 Å². The van der Waals surface area contributed by atoms with Crippen molar-refractivity contribution in [3.05, 3.63) is 59.1 Å². The van der Waals surface area contributed by atoms with E-state index in [2.05, 4.69) is 0 Å². The van der Waals surface area contributed by atoms with Crippen molar-refractivity contribution >= 4 is 21.4 Å².